The van der Waals surface area contributed by atoms with E-state index in [0.29, 0.717) is 31.6 Å². The first-order valence-electron chi connectivity index (χ1n) is 15.0. The standard InChI is InChI=1S/C32H43BrO10/c1-17(7-10-23(38-6)21-11-20(35)8-9-22(21)33)29-18(2)25-14-32(43-29)30(4,5)15-31(16-39-31)26(42-32)13-28(37)40-24(19(3)34)12-27(36)41-25/h8-9,11,13,17-19,23-25,29,34-35H,7,10,12,14-16H2,1-6H3/t17-,18-,19+,23-,24+,25-,29+,31+,32+/m0/s1. The molecule has 4 aliphatic heterocycles. The average molecular weight is 668 g/mol. The minimum Gasteiger partial charge on any atom is -0.508 e. The summed E-state index contributed by atoms with van der Waals surface area (Å²) in [5, 5.41) is 20.3. The first-order chi connectivity index (χ1) is 20.2. The topological polar surface area (TPSA) is 133 Å². The van der Waals surface area contributed by atoms with Crippen molar-refractivity contribution in [2.24, 2.45) is 17.3 Å². The van der Waals surface area contributed by atoms with Gasteiger partial charge in [0.25, 0.3) is 0 Å². The van der Waals surface area contributed by atoms with Gasteiger partial charge in [-0.25, -0.2) is 4.79 Å². The maximum atomic E-state index is 13.2. The fourth-order valence-electron chi connectivity index (χ4n) is 6.90. The lowest BCUT2D eigenvalue weighted by molar-refractivity contribution is -0.362. The van der Waals surface area contributed by atoms with Crippen molar-refractivity contribution in [2.75, 3.05) is 13.7 Å². The third-order valence-corrected chi connectivity index (χ3v) is 10.4. The van der Waals surface area contributed by atoms with E-state index in [1.807, 2.05) is 6.92 Å². The molecule has 11 heteroatoms. The minimum atomic E-state index is -1.20. The van der Waals surface area contributed by atoms with Gasteiger partial charge >= 0.3 is 11.9 Å². The quantitative estimate of drug-likeness (QED) is 0.300. The van der Waals surface area contributed by atoms with Crippen LogP contribution in [0.1, 0.15) is 78.4 Å². The lowest BCUT2D eigenvalue weighted by Gasteiger charge is -2.58. The van der Waals surface area contributed by atoms with Gasteiger partial charge in [0.05, 0.1) is 43.8 Å². The number of phenolic OH excluding ortho intramolecular Hbond substituents is 1. The largest absolute Gasteiger partial charge is 0.508 e. The smallest absolute Gasteiger partial charge is 0.334 e. The molecule has 3 saturated heterocycles. The Kier molecular flexibility index (Phi) is 8.97. The molecule has 2 spiro atoms. The number of carbonyl (C=O) groups is 2. The average Bonchev–Trinajstić information content (AvgIpc) is 3.69. The van der Waals surface area contributed by atoms with Crippen molar-refractivity contribution in [3.63, 3.8) is 0 Å². The molecule has 43 heavy (non-hydrogen) atoms. The van der Waals surface area contributed by atoms with Gasteiger partial charge in [-0.3, -0.25) is 4.79 Å². The van der Waals surface area contributed by atoms with Crippen LogP contribution in [0.4, 0.5) is 0 Å². The summed E-state index contributed by atoms with van der Waals surface area (Å²) < 4.78 is 37.8. The van der Waals surface area contributed by atoms with Crippen LogP contribution in [0, 0.1) is 17.3 Å². The second kappa shape index (κ2) is 12.0. The molecule has 4 heterocycles. The van der Waals surface area contributed by atoms with Gasteiger partial charge in [-0.1, -0.05) is 43.6 Å². The van der Waals surface area contributed by atoms with E-state index in [4.69, 9.17) is 28.4 Å². The number of aliphatic hydroxyl groups is 1. The molecule has 10 nitrogen and oxygen atoms in total. The number of epoxide rings is 1. The zero-order valence-corrected chi connectivity index (χ0v) is 27.2. The number of aromatic hydroxyl groups is 1. The highest BCUT2D eigenvalue weighted by molar-refractivity contribution is 9.10. The second-order valence-electron chi connectivity index (χ2n) is 13.3. The molecule has 0 saturated carbocycles. The summed E-state index contributed by atoms with van der Waals surface area (Å²) in [5.74, 6) is -2.19. The van der Waals surface area contributed by atoms with E-state index < -0.39 is 47.1 Å². The van der Waals surface area contributed by atoms with Gasteiger partial charge in [0, 0.05) is 22.9 Å². The van der Waals surface area contributed by atoms with Crippen molar-refractivity contribution in [1.82, 2.24) is 0 Å². The maximum absolute atomic E-state index is 13.2. The molecular formula is C32H43BrO10. The molecule has 0 aliphatic carbocycles. The predicted molar refractivity (Wildman–Crippen MR) is 158 cm³/mol. The Morgan fingerprint density at radius 3 is 2.53 bits per heavy atom. The van der Waals surface area contributed by atoms with Crippen LogP contribution in [0.2, 0.25) is 0 Å². The van der Waals surface area contributed by atoms with Gasteiger partial charge < -0.3 is 38.6 Å². The van der Waals surface area contributed by atoms with Crippen LogP contribution in [-0.2, 0) is 38.0 Å². The van der Waals surface area contributed by atoms with E-state index in [9.17, 15) is 19.8 Å². The first kappa shape index (κ1) is 32.2. The predicted octanol–water partition coefficient (Wildman–Crippen LogP) is 5.09. The SMILES string of the molecule is CO[C@@H](CC[C@H](C)[C@H]1O[C@@]23C[C@H](OC(=O)C[C@H]([C@@H](C)O)OC(=O)C=C(O2)[C@]2(CO2)CC3(C)C)[C@@H]1C)c1cc(O)ccc1Br. The molecule has 3 bridgehead atoms. The van der Waals surface area contributed by atoms with Gasteiger partial charge in [-0.2, -0.15) is 0 Å². The van der Waals surface area contributed by atoms with E-state index in [0.717, 1.165) is 10.0 Å². The van der Waals surface area contributed by atoms with Crippen molar-refractivity contribution < 1.29 is 48.2 Å². The highest BCUT2D eigenvalue weighted by atomic mass is 79.9. The van der Waals surface area contributed by atoms with Gasteiger partial charge in [-0.05, 0) is 55.9 Å². The van der Waals surface area contributed by atoms with Crippen molar-refractivity contribution in [3.8, 4) is 5.75 Å². The second-order valence-corrected chi connectivity index (χ2v) is 14.1. The Bertz CT molecular complexity index is 1260. The number of methoxy groups -OCH3 is 1. The number of phenols is 1. The normalized spacial score (nSPS) is 35.7. The van der Waals surface area contributed by atoms with E-state index >= 15 is 0 Å². The van der Waals surface area contributed by atoms with Gasteiger partial charge in [-0.15, -0.1) is 0 Å². The number of carbonyl (C=O) groups excluding carboxylic acids is 2. The third kappa shape index (κ3) is 6.33. The monoisotopic (exact) mass is 666 g/mol. The molecule has 0 aromatic heterocycles. The number of cyclic esters (lactones) is 1. The lowest BCUT2D eigenvalue weighted by Crippen LogP contribution is -2.64. The Hall–Kier alpha value is -2.18. The van der Waals surface area contributed by atoms with E-state index in [-0.39, 0.29) is 42.6 Å². The summed E-state index contributed by atoms with van der Waals surface area (Å²) >= 11 is 3.57. The van der Waals surface area contributed by atoms with E-state index in [1.54, 1.807) is 25.3 Å². The van der Waals surface area contributed by atoms with Crippen LogP contribution in [0.5, 0.6) is 5.75 Å². The van der Waals surface area contributed by atoms with E-state index in [2.05, 4.69) is 36.7 Å². The summed E-state index contributed by atoms with van der Waals surface area (Å²) in [7, 11) is 1.65. The highest BCUT2D eigenvalue weighted by Crippen LogP contribution is 2.60. The molecule has 1 aromatic rings. The highest BCUT2D eigenvalue weighted by Gasteiger charge is 2.68. The summed E-state index contributed by atoms with van der Waals surface area (Å²) in [5.41, 5.74) is -0.467. The molecule has 0 unspecified atom stereocenters. The summed E-state index contributed by atoms with van der Waals surface area (Å²) in [6.07, 6.45) is -0.158. The van der Waals surface area contributed by atoms with Crippen molar-refractivity contribution in [3.05, 3.63) is 40.1 Å². The number of aliphatic hydroxyl groups excluding tert-OH is 1. The number of halogens is 1. The molecule has 4 aliphatic rings. The lowest BCUT2D eigenvalue weighted by atomic mass is 9.67. The molecule has 1 aromatic carbocycles. The molecule has 5 rings (SSSR count). The number of ether oxygens (including phenoxy) is 6. The van der Waals surface area contributed by atoms with Crippen LogP contribution in [0.25, 0.3) is 0 Å². The molecule has 9 atom stereocenters. The number of rotatable bonds is 7. The van der Waals surface area contributed by atoms with Gasteiger partial charge in [0.2, 0.25) is 5.79 Å². The Morgan fingerprint density at radius 1 is 1.16 bits per heavy atom. The number of hydrogen-bond donors (Lipinski definition) is 2. The zero-order chi connectivity index (χ0) is 31.3. The van der Waals surface area contributed by atoms with Crippen LogP contribution in [0.15, 0.2) is 34.5 Å². The zero-order valence-electron chi connectivity index (χ0n) is 25.6. The first-order valence-corrected chi connectivity index (χ1v) is 15.8. The summed E-state index contributed by atoms with van der Waals surface area (Å²) in [6, 6.07) is 5.12. The summed E-state index contributed by atoms with van der Waals surface area (Å²) in [6.45, 7) is 10.1. The molecule has 2 N–H and O–H groups in total. The Balaban J connectivity index is 1.46. The van der Waals surface area contributed by atoms with Crippen molar-refractivity contribution in [2.45, 2.75) is 109 Å². The molecule has 0 radical (unpaired) electrons. The van der Waals surface area contributed by atoms with Crippen LogP contribution >= 0.6 is 15.9 Å². The fraction of sp³-hybridized carbons (Fsp3) is 0.688. The molecule has 0 amide bonds. The molecule has 238 valence electrons. The number of esters is 2. The van der Waals surface area contributed by atoms with E-state index in [1.165, 1.54) is 13.0 Å². The Morgan fingerprint density at radius 2 is 1.88 bits per heavy atom. The summed E-state index contributed by atoms with van der Waals surface area (Å²) in [4.78, 5) is 26.1. The van der Waals surface area contributed by atoms with Gasteiger partial charge in [0.15, 0.2) is 0 Å². The third-order valence-electron chi connectivity index (χ3n) is 9.64. The number of benzene rings is 1. The van der Waals surface area contributed by atoms with Crippen LogP contribution < -0.4 is 0 Å². The Labute approximate surface area is 261 Å². The molecule has 3 fully saturated rings. The van der Waals surface area contributed by atoms with Crippen LogP contribution in [-0.4, -0.2) is 71.7 Å². The van der Waals surface area contributed by atoms with Crippen molar-refractivity contribution in [1.29, 1.82) is 0 Å². The molecular weight excluding hydrogens is 624 g/mol. The minimum absolute atomic E-state index is 0.00918. The van der Waals surface area contributed by atoms with Crippen molar-refractivity contribution >= 4 is 27.9 Å². The van der Waals surface area contributed by atoms with Crippen LogP contribution in [0.3, 0.4) is 0 Å². The maximum Gasteiger partial charge on any atom is 0.334 e. The fourth-order valence-corrected chi connectivity index (χ4v) is 7.40. The van der Waals surface area contributed by atoms with Gasteiger partial charge in [0.1, 0.15) is 29.3 Å². The number of fused-ring (bicyclic) bond motifs is 3. The number of hydrogen-bond acceptors (Lipinski definition) is 10.